The van der Waals surface area contributed by atoms with Crippen LogP contribution in [0.2, 0.25) is 0 Å². The number of aliphatic imine (C=N–C) groups is 1. The number of nitrogens with zero attached hydrogens (tertiary/aromatic N) is 1. The Morgan fingerprint density at radius 1 is 1.27 bits per heavy atom. The van der Waals surface area contributed by atoms with E-state index in [1.165, 1.54) is 5.56 Å². The topological polar surface area (TPSA) is 68.9 Å². The number of fused-ring (bicyclic) bond motifs is 1. The number of para-hydroxylation sites is 1. The summed E-state index contributed by atoms with van der Waals surface area (Å²) < 4.78 is 11.5. The molecule has 0 fully saturated rings. The van der Waals surface area contributed by atoms with Gasteiger partial charge in [-0.05, 0) is 32.0 Å². The number of aryl methyl sites for hydroxylation is 1. The molecule has 0 radical (unpaired) electrons. The van der Waals surface area contributed by atoms with Crippen molar-refractivity contribution in [3.05, 3.63) is 59.7 Å². The number of hydrogen-bond donors (Lipinski definition) is 2. The van der Waals surface area contributed by atoms with E-state index in [0.29, 0.717) is 19.1 Å². The van der Waals surface area contributed by atoms with Gasteiger partial charge < -0.3 is 20.5 Å². The van der Waals surface area contributed by atoms with Crippen LogP contribution in [0.1, 0.15) is 30.5 Å². The quantitative estimate of drug-likeness (QED) is 0.399. The molecule has 0 bridgehead atoms. The van der Waals surface area contributed by atoms with Crippen LogP contribution >= 0.6 is 24.0 Å². The summed E-state index contributed by atoms with van der Waals surface area (Å²) in [7, 11) is 0. The maximum Gasteiger partial charge on any atom is 0.189 e. The molecule has 2 unspecified atom stereocenters. The molecule has 1 aliphatic heterocycles. The molecule has 1 aliphatic rings. The Morgan fingerprint density at radius 3 is 2.77 bits per heavy atom. The van der Waals surface area contributed by atoms with Gasteiger partial charge in [0.25, 0.3) is 0 Å². The number of rotatable bonds is 5. The van der Waals surface area contributed by atoms with E-state index >= 15 is 0 Å². The minimum Gasteiger partial charge on any atom is -0.493 e. The van der Waals surface area contributed by atoms with Crippen molar-refractivity contribution in [3.8, 4) is 11.5 Å². The molecule has 0 saturated heterocycles. The zero-order valence-electron chi connectivity index (χ0n) is 15.1. The second-order valence-corrected chi connectivity index (χ2v) is 6.34. The van der Waals surface area contributed by atoms with Crippen molar-refractivity contribution in [2.24, 2.45) is 10.7 Å². The lowest BCUT2D eigenvalue weighted by molar-refractivity contribution is 0.230. The van der Waals surface area contributed by atoms with Crippen LogP contribution in [0.5, 0.6) is 11.5 Å². The molecule has 0 aromatic heterocycles. The highest BCUT2D eigenvalue weighted by Gasteiger charge is 2.21. The van der Waals surface area contributed by atoms with E-state index in [9.17, 15) is 0 Å². The van der Waals surface area contributed by atoms with Crippen molar-refractivity contribution in [2.45, 2.75) is 32.4 Å². The molecule has 0 amide bonds. The number of ether oxygens (including phenoxy) is 2. The summed E-state index contributed by atoms with van der Waals surface area (Å²) in [6, 6.07) is 16.1. The maximum absolute atomic E-state index is 6.07. The molecule has 2 aromatic carbocycles. The fourth-order valence-corrected chi connectivity index (χ4v) is 2.83. The maximum atomic E-state index is 6.07. The lowest BCUT2D eigenvalue weighted by Gasteiger charge is -2.27. The fourth-order valence-electron chi connectivity index (χ4n) is 2.83. The third kappa shape index (κ3) is 5.52. The van der Waals surface area contributed by atoms with Gasteiger partial charge in [0.05, 0.1) is 19.2 Å². The van der Waals surface area contributed by atoms with Crippen LogP contribution in [0.25, 0.3) is 0 Å². The third-order valence-electron chi connectivity index (χ3n) is 4.16. The number of nitrogens with one attached hydrogen (secondary N) is 1. The van der Waals surface area contributed by atoms with Crippen LogP contribution in [0, 0.1) is 6.92 Å². The van der Waals surface area contributed by atoms with Crippen molar-refractivity contribution in [2.75, 3.05) is 13.2 Å². The van der Waals surface area contributed by atoms with Gasteiger partial charge in [-0.15, -0.1) is 24.0 Å². The van der Waals surface area contributed by atoms with Gasteiger partial charge in [-0.3, -0.25) is 0 Å². The lowest BCUT2D eigenvalue weighted by Crippen LogP contribution is -2.38. The SMILES string of the molecule is Cc1ccc(OC(C)CN=C(N)NC2CCOc3ccccc32)cc1.I. The highest BCUT2D eigenvalue weighted by atomic mass is 127. The van der Waals surface area contributed by atoms with Crippen molar-refractivity contribution in [1.82, 2.24) is 5.32 Å². The Bertz CT molecular complexity index is 734. The van der Waals surface area contributed by atoms with Crippen molar-refractivity contribution < 1.29 is 9.47 Å². The van der Waals surface area contributed by atoms with Crippen molar-refractivity contribution in [3.63, 3.8) is 0 Å². The molecule has 3 N–H and O–H groups in total. The second-order valence-electron chi connectivity index (χ2n) is 6.34. The molecular weight excluding hydrogens is 441 g/mol. The third-order valence-corrected chi connectivity index (χ3v) is 4.16. The zero-order valence-corrected chi connectivity index (χ0v) is 17.5. The van der Waals surface area contributed by atoms with Crippen LogP contribution in [0.4, 0.5) is 0 Å². The molecule has 1 heterocycles. The van der Waals surface area contributed by atoms with Crippen molar-refractivity contribution >= 4 is 29.9 Å². The molecule has 5 nitrogen and oxygen atoms in total. The van der Waals surface area contributed by atoms with E-state index in [0.717, 1.165) is 23.5 Å². The summed E-state index contributed by atoms with van der Waals surface area (Å²) in [4.78, 5) is 4.42. The number of hydrogen-bond acceptors (Lipinski definition) is 3. The summed E-state index contributed by atoms with van der Waals surface area (Å²) in [5, 5.41) is 3.29. The number of guanidine groups is 1. The van der Waals surface area contributed by atoms with E-state index in [4.69, 9.17) is 15.2 Å². The molecular formula is C20H26IN3O2. The van der Waals surface area contributed by atoms with Gasteiger partial charge in [-0.2, -0.15) is 0 Å². The zero-order chi connectivity index (χ0) is 17.6. The number of benzene rings is 2. The molecule has 3 rings (SSSR count). The Hall–Kier alpha value is -1.96. The molecule has 26 heavy (non-hydrogen) atoms. The Morgan fingerprint density at radius 2 is 2.00 bits per heavy atom. The first-order valence-corrected chi connectivity index (χ1v) is 8.63. The summed E-state index contributed by atoms with van der Waals surface area (Å²) in [5.41, 5.74) is 8.40. The standard InChI is InChI=1S/C20H25N3O2.HI/c1-14-7-9-16(10-8-14)25-15(2)13-22-20(21)23-18-11-12-24-19-6-4-3-5-17(18)19;/h3-10,15,18H,11-13H2,1-2H3,(H3,21,22,23);1H. The van der Waals surface area contributed by atoms with Crippen LogP contribution in [0.3, 0.4) is 0 Å². The van der Waals surface area contributed by atoms with E-state index in [-0.39, 0.29) is 36.1 Å². The van der Waals surface area contributed by atoms with Crippen LogP contribution < -0.4 is 20.5 Å². The predicted octanol–water partition coefficient (Wildman–Crippen LogP) is 3.81. The first-order valence-electron chi connectivity index (χ1n) is 8.63. The molecule has 0 saturated carbocycles. The summed E-state index contributed by atoms with van der Waals surface area (Å²) in [5.74, 6) is 2.19. The van der Waals surface area contributed by atoms with Gasteiger partial charge in [0.15, 0.2) is 5.96 Å². The predicted molar refractivity (Wildman–Crippen MR) is 116 cm³/mol. The van der Waals surface area contributed by atoms with E-state index in [1.54, 1.807) is 0 Å². The summed E-state index contributed by atoms with van der Waals surface area (Å²) in [6.45, 7) is 5.21. The monoisotopic (exact) mass is 467 g/mol. The summed E-state index contributed by atoms with van der Waals surface area (Å²) >= 11 is 0. The van der Waals surface area contributed by atoms with Crippen LogP contribution in [0.15, 0.2) is 53.5 Å². The fraction of sp³-hybridized carbons (Fsp3) is 0.350. The highest BCUT2D eigenvalue weighted by molar-refractivity contribution is 14.0. The Labute approximate surface area is 172 Å². The van der Waals surface area contributed by atoms with E-state index < -0.39 is 0 Å². The Kier molecular flexibility index (Phi) is 7.56. The number of nitrogens with two attached hydrogens (primary N) is 1. The lowest BCUT2D eigenvalue weighted by atomic mass is 10.0. The molecule has 0 spiro atoms. The van der Waals surface area contributed by atoms with Gasteiger partial charge in [0.2, 0.25) is 0 Å². The van der Waals surface area contributed by atoms with E-state index in [1.807, 2.05) is 49.4 Å². The average molecular weight is 467 g/mol. The van der Waals surface area contributed by atoms with Crippen LogP contribution in [-0.2, 0) is 0 Å². The molecule has 140 valence electrons. The Balaban J connectivity index is 0.00000243. The highest BCUT2D eigenvalue weighted by Crippen LogP contribution is 2.31. The van der Waals surface area contributed by atoms with Gasteiger partial charge in [0, 0.05) is 12.0 Å². The normalized spacial score (nSPS) is 17.3. The summed E-state index contributed by atoms with van der Waals surface area (Å²) in [6.07, 6.45) is 0.813. The van der Waals surface area contributed by atoms with E-state index in [2.05, 4.69) is 23.3 Å². The van der Waals surface area contributed by atoms with Crippen molar-refractivity contribution in [1.29, 1.82) is 0 Å². The largest absolute Gasteiger partial charge is 0.493 e. The average Bonchev–Trinajstić information content (AvgIpc) is 2.62. The minimum absolute atomic E-state index is 0. The molecule has 6 heteroatoms. The molecule has 2 aromatic rings. The van der Waals surface area contributed by atoms with Gasteiger partial charge >= 0.3 is 0 Å². The van der Waals surface area contributed by atoms with Gasteiger partial charge in [-0.25, -0.2) is 4.99 Å². The van der Waals surface area contributed by atoms with Crippen LogP contribution in [-0.4, -0.2) is 25.2 Å². The first kappa shape index (κ1) is 20.4. The van der Waals surface area contributed by atoms with Gasteiger partial charge in [-0.1, -0.05) is 35.9 Å². The first-order chi connectivity index (χ1) is 12.1. The second kappa shape index (κ2) is 9.66. The minimum atomic E-state index is -0.0509. The molecule has 0 aliphatic carbocycles. The van der Waals surface area contributed by atoms with Gasteiger partial charge in [0.1, 0.15) is 17.6 Å². The number of halogens is 1. The smallest absolute Gasteiger partial charge is 0.189 e. The molecule has 2 atom stereocenters.